The van der Waals surface area contributed by atoms with Gasteiger partial charge in [-0.3, -0.25) is 19.3 Å². The van der Waals surface area contributed by atoms with Crippen LogP contribution in [0.2, 0.25) is 0 Å². The molecule has 0 saturated heterocycles. The van der Waals surface area contributed by atoms with Crippen molar-refractivity contribution in [3.63, 3.8) is 0 Å². The highest BCUT2D eigenvalue weighted by Crippen LogP contribution is 2.32. The predicted molar refractivity (Wildman–Crippen MR) is 144 cm³/mol. The summed E-state index contributed by atoms with van der Waals surface area (Å²) in [7, 11) is 0. The van der Waals surface area contributed by atoms with Crippen molar-refractivity contribution in [2.45, 2.75) is 57.7 Å². The van der Waals surface area contributed by atoms with Crippen molar-refractivity contribution in [3.8, 4) is 0 Å². The third-order valence-electron chi connectivity index (χ3n) is 6.78. The van der Waals surface area contributed by atoms with Crippen LogP contribution in [-0.4, -0.2) is 38.6 Å². The Morgan fingerprint density at radius 3 is 2.62 bits per heavy atom. The molecule has 1 fully saturated rings. The van der Waals surface area contributed by atoms with Gasteiger partial charge in [0, 0.05) is 22.2 Å². The van der Waals surface area contributed by atoms with E-state index >= 15 is 0 Å². The minimum absolute atomic E-state index is 0.0866. The lowest BCUT2D eigenvalue weighted by Crippen LogP contribution is -2.48. The molecule has 0 spiro atoms. The SMILES string of the molecule is CC(=O)c1cccc(N(C(=O)Cn2nnc3ccccc32)[C@H](C(=O)NC2CCCCC2)c2cccs2)c1. The van der Waals surface area contributed by atoms with Crippen LogP contribution in [0.4, 0.5) is 5.69 Å². The van der Waals surface area contributed by atoms with E-state index in [2.05, 4.69) is 15.6 Å². The number of carbonyl (C=O) groups is 3. The van der Waals surface area contributed by atoms with Gasteiger partial charge in [0.05, 0.1) is 5.52 Å². The summed E-state index contributed by atoms with van der Waals surface area (Å²) in [4.78, 5) is 42.3. The first-order valence-electron chi connectivity index (χ1n) is 12.6. The van der Waals surface area contributed by atoms with Crippen LogP contribution in [0, 0.1) is 0 Å². The number of benzene rings is 2. The molecule has 37 heavy (non-hydrogen) atoms. The van der Waals surface area contributed by atoms with E-state index in [1.54, 1.807) is 28.9 Å². The summed E-state index contributed by atoms with van der Waals surface area (Å²) in [6.07, 6.45) is 5.20. The Kier molecular flexibility index (Phi) is 7.41. The van der Waals surface area contributed by atoms with Crippen molar-refractivity contribution < 1.29 is 14.4 Å². The van der Waals surface area contributed by atoms with Crippen LogP contribution in [0.25, 0.3) is 11.0 Å². The molecule has 0 bridgehead atoms. The van der Waals surface area contributed by atoms with Gasteiger partial charge in [0.15, 0.2) is 5.78 Å². The van der Waals surface area contributed by atoms with E-state index in [4.69, 9.17) is 0 Å². The molecule has 2 aromatic carbocycles. The third kappa shape index (κ3) is 5.46. The van der Waals surface area contributed by atoms with Crippen molar-refractivity contribution in [1.29, 1.82) is 0 Å². The number of hydrogen-bond donors (Lipinski definition) is 1. The molecule has 1 atom stereocenters. The Hall–Kier alpha value is -3.85. The monoisotopic (exact) mass is 515 g/mol. The summed E-state index contributed by atoms with van der Waals surface area (Å²) in [6.45, 7) is 1.38. The number of para-hydroxylation sites is 1. The van der Waals surface area contributed by atoms with Gasteiger partial charge >= 0.3 is 0 Å². The Morgan fingerprint density at radius 2 is 1.86 bits per heavy atom. The first-order chi connectivity index (χ1) is 18.0. The Balaban J connectivity index is 1.55. The van der Waals surface area contributed by atoms with Gasteiger partial charge in [0.25, 0.3) is 0 Å². The van der Waals surface area contributed by atoms with Gasteiger partial charge in [-0.15, -0.1) is 16.4 Å². The second-order valence-corrected chi connectivity index (χ2v) is 10.3. The fourth-order valence-electron chi connectivity index (χ4n) is 4.90. The highest BCUT2D eigenvalue weighted by Gasteiger charge is 2.35. The zero-order valence-electron chi connectivity index (χ0n) is 20.7. The first kappa shape index (κ1) is 24.8. The molecular weight excluding hydrogens is 486 g/mol. The molecule has 9 heteroatoms. The second kappa shape index (κ2) is 11.0. The van der Waals surface area contributed by atoms with Crippen LogP contribution >= 0.6 is 11.3 Å². The van der Waals surface area contributed by atoms with Crippen LogP contribution in [-0.2, 0) is 16.1 Å². The molecule has 190 valence electrons. The fourth-order valence-corrected chi connectivity index (χ4v) is 5.71. The molecular formula is C28H29N5O3S. The number of thiophene rings is 1. The van der Waals surface area contributed by atoms with Crippen molar-refractivity contribution in [2.75, 3.05) is 4.90 Å². The number of nitrogens with one attached hydrogen (secondary N) is 1. The molecule has 1 aliphatic rings. The topological polar surface area (TPSA) is 97.2 Å². The molecule has 2 aromatic heterocycles. The van der Waals surface area contributed by atoms with E-state index in [1.807, 2.05) is 41.8 Å². The average Bonchev–Trinajstić information content (AvgIpc) is 3.58. The zero-order valence-corrected chi connectivity index (χ0v) is 21.5. The summed E-state index contributed by atoms with van der Waals surface area (Å²) in [5.41, 5.74) is 2.37. The van der Waals surface area contributed by atoms with Crippen LogP contribution in [0.3, 0.4) is 0 Å². The number of nitrogens with zero attached hydrogens (tertiary/aromatic N) is 4. The predicted octanol–water partition coefficient (Wildman–Crippen LogP) is 4.92. The summed E-state index contributed by atoms with van der Waals surface area (Å²) in [5.74, 6) is -0.663. The van der Waals surface area contributed by atoms with Crippen molar-refractivity contribution in [1.82, 2.24) is 20.3 Å². The van der Waals surface area contributed by atoms with Crippen LogP contribution in [0.5, 0.6) is 0 Å². The van der Waals surface area contributed by atoms with E-state index in [9.17, 15) is 14.4 Å². The molecule has 1 aliphatic carbocycles. The third-order valence-corrected chi connectivity index (χ3v) is 7.70. The fraction of sp³-hybridized carbons (Fsp3) is 0.321. The maximum atomic E-state index is 14.0. The molecule has 1 N–H and O–H groups in total. The van der Waals surface area contributed by atoms with Gasteiger partial charge in [0.2, 0.25) is 11.8 Å². The minimum atomic E-state index is -0.883. The van der Waals surface area contributed by atoms with Gasteiger partial charge < -0.3 is 5.32 Å². The van der Waals surface area contributed by atoms with E-state index < -0.39 is 6.04 Å². The summed E-state index contributed by atoms with van der Waals surface area (Å²) < 4.78 is 1.55. The molecule has 8 nitrogen and oxygen atoms in total. The summed E-state index contributed by atoms with van der Waals surface area (Å²) in [5, 5.41) is 13.5. The van der Waals surface area contributed by atoms with Gasteiger partial charge in [-0.2, -0.15) is 0 Å². The number of rotatable bonds is 8. The van der Waals surface area contributed by atoms with Crippen molar-refractivity contribution in [2.24, 2.45) is 0 Å². The molecule has 2 heterocycles. The lowest BCUT2D eigenvalue weighted by molar-refractivity contribution is -0.127. The largest absolute Gasteiger partial charge is 0.351 e. The van der Waals surface area contributed by atoms with Crippen LogP contribution in [0.15, 0.2) is 66.0 Å². The van der Waals surface area contributed by atoms with Gasteiger partial charge in [-0.25, -0.2) is 4.68 Å². The lowest BCUT2D eigenvalue weighted by Gasteiger charge is -2.33. The minimum Gasteiger partial charge on any atom is -0.351 e. The normalized spacial score (nSPS) is 14.8. The van der Waals surface area contributed by atoms with Crippen LogP contribution in [0.1, 0.15) is 60.3 Å². The molecule has 0 aliphatic heterocycles. The van der Waals surface area contributed by atoms with Gasteiger partial charge in [-0.05, 0) is 55.5 Å². The van der Waals surface area contributed by atoms with Gasteiger partial charge in [0.1, 0.15) is 18.1 Å². The lowest BCUT2D eigenvalue weighted by atomic mass is 9.95. The van der Waals surface area contributed by atoms with Crippen molar-refractivity contribution in [3.05, 3.63) is 76.5 Å². The summed E-state index contributed by atoms with van der Waals surface area (Å²) >= 11 is 1.43. The Labute approximate surface area is 219 Å². The standard InChI is InChI=1S/C28H29N5O3S/c1-19(34)20-9-7-12-22(17-20)33(26(35)18-32-24-14-6-5-13-23(24)30-31-32)27(25-15-8-16-37-25)28(36)29-21-10-3-2-4-11-21/h5-9,12-17,21,27H,2-4,10-11,18H2,1H3,(H,29,36)/t27-/m0/s1. The Bertz CT molecular complexity index is 1410. The number of hydrogen-bond acceptors (Lipinski definition) is 6. The highest BCUT2D eigenvalue weighted by molar-refractivity contribution is 7.10. The maximum absolute atomic E-state index is 14.0. The molecule has 1 saturated carbocycles. The molecule has 0 unspecified atom stereocenters. The Morgan fingerprint density at radius 1 is 1.05 bits per heavy atom. The number of anilines is 1. The molecule has 4 aromatic rings. The van der Waals surface area contributed by atoms with Crippen LogP contribution < -0.4 is 10.2 Å². The number of carbonyl (C=O) groups excluding carboxylic acids is 3. The maximum Gasteiger partial charge on any atom is 0.249 e. The summed E-state index contributed by atoms with van der Waals surface area (Å²) in [6, 6.07) is 17.3. The molecule has 2 amide bonds. The highest BCUT2D eigenvalue weighted by atomic mass is 32.1. The average molecular weight is 516 g/mol. The smallest absolute Gasteiger partial charge is 0.249 e. The van der Waals surface area contributed by atoms with Crippen molar-refractivity contribution >= 4 is 45.7 Å². The number of amides is 2. The van der Waals surface area contributed by atoms with Gasteiger partial charge in [-0.1, -0.05) is 54.8 Å². The second-order valence-electron chi connectivity index (χ2n) is 9.37. The number of ketones is 1. The first-order valence-corrected chi connectivity index (χ1v) is 13.4. The van der Waals surface area contributed by atoms with E-state index in [0.29, 0.717) is 16.8 Å². The van der Waals surface area contributed by atoms with E-state index in [0.717, 1.165) is 36.1 Å². The zero-order chi connectivity index (χ0) is 25.8. The van der Waals surface area contributed by atoms with E-state index in [1.165, 1.54) is 29.6 Å². The number of fused-ring (bicyclic) bond motifs is 1. The molecule has 5 rings (SSSR count). The number of Topliss-reactive ketones (excluding diaryl/α,β-unsaturated/α-hetero) is 1. The number of aromatic nitrogens is 3. The quantitative estimate of drug-likeness (QED) is 0.336. The van der Waals surface area contributed by atoms with E-state index in [-0.39, 0.29) is 30.2 Å². The molecule has 0 radical (unpaired) electrons.